The molecule has 0 fully saturated rings. The number of rotatable bonds is 6. The van der Waals surface area contributed by atoms with Crippen molar-refractivity contribution in [1.82, 2.24) is 15.2 Å². The van der Waals surface area contributed by atoms with Gasteiger partial charge in [0.1, 0.15) is 0 Å². The van der Waals surface area contributed by atoms with E-state index in [9.17, 15) is 4.79 Å². The minimum atomic E-state index is -0.0677. The van der Waals surface area contributed by atoms with Crippen molar-refractivity contribution in [2.75, 3.05) is 11.1 Å². The Bertz CT molecular complexity index is 799. The molecule has 3 aromatic rings. The fourth-order valence-corrected chi connectivity index (χ4v) is 2.80. The van der Waals surface area contributed by atoms with Crippen molar-refractivity contribution in [2.24, 2.45) is 0 Å². The topological polar surface area (TPSA) is 70.7 Å². The SMILES string of the molecule is CCc1ccc(NC(=O)CSc2nnc(-c3ccccc3)[nH]2)cc1. The fraction of sp³-hybridized carbons (Fsp3) is 0.167. The van der Waals surface area contributed by atoms with Crippen LogP contribution in [0.15, 0.2) is 59.8 Å². The lowest BCUT2D eigenvalue weighted by molar-refractivity contribution is -0.113. The highest BCUT2D eigenvalue weighted by molar-refractivity contribution is 7.99. The molecular weight excluding hydrogens is 320 g/mol. The van der Waals surface area contributed by atoms with Crippen molar-refractivity contribution in [3.05, 3.63) is 60.2 Å². The van der Waals surface area contributed by atoms with Gasteiger partial charge >= 0.3 is 0 Å². The van der Waals surface area contributed by atoms with Gasteiger partial charge in [-0.05, 0) is 24.1 Å². The molecule has 0 spiro atoms. The first-order valence-corrected chi connectivity index (χ1v) is 8.73. The Morgan fingerprint density at radius 3 is 2.54 bits per heavy atom. The van der Waals surface area contributed by atoms with Gasteiger partial charge in [-0.2, -0.15) is 0 Å². The second kappa shape index (κ2) is 7.79. The highest BCUT2D eigenvalue weighted by Crippen LogP contribution is 2.19. The van der Waals surface area contributed by atoms with Crippen LogP contribution in [0.1, 0.15) is 12.5 Å². The van der Waals surface area contributed by atoms with Crippen LogP contribution in [0.4, 0.5) is 5.69 Å². The van der Waals surface area contributed by atoms with Gasteiger partial charge in [-0.3, -0.25) is 4.79 Å². The van der Waals surface area contributed by atoms with Gasteiger partial charge < -0.3 is 10.3 Å². The summed E-state index contributed by atoms with van der Waals surface area (Å²) >= 11 is 1.33. The van der Waals surface area contributed by atoms with E-state index in [2.05, 4.69) is 27.4 Å². The van der Waals surface area contributed by atoms with Crippen LogP contribution in [0.2, 0.25) is 0 Å². The number of nitrogens with one attached hydrogen (secondary N) is 2. The maximum atomic E-state index is 12.0. The molecule has 0 atom stereocenters. The second-order valence-electron chi connectivity index (χ2n) is 5.23. The molecule has 2 aromatic carbocycles. The van der Waals surface area contributed by atoms with Crippen LogP contribution in [0, 0.1) is 0 Å². The molecule has 0 aliphatic carbocycles. The summed E-state index contributed by atoms with van der Waals surface area (Å²) in [7, 11) is 0. The molecule has 0 radical (unpaired) electrons. The number of aromatic amines is 1. The van der Waals surface area contributed by atoms with Crippen molar-refractivity contribution in [3.8, 4) is 11.4 Å². The zero-order chi connectivity index (χ0) is 16.8. The quantitative estimate of drug-likeness (QED) is 0.671. The number of carbonyl (C=O) groups is 1. The van der Waals surface area contributed by atoms with E-state index in [-0.39, 0.29) is 11.7 Å². The minimum absolute atomic E-state index is 0.0677. The van der Waals surface area contributed by atoms with E-state index in [1.54, 1.807) is 0 Å². The fourth-order valence-electron chi connectivity index (χ4n) is 2.19. The normalized spacial score (nSPS) is 10.5. The molecule has 0 unspecified atom stereocenters. The van der Waals surface area contributed by atoms with E-state index >= 15 is 0 Å². The molecule has 6 heteroatoms. The number of aromatic nitrogens is 3. The molecule has 1 amide bonds. The summed E-state index contributed by atoms with van der Waals surface area (Å²) < 4.78 is 0. The minimum Gasteiger partial charge on any atom is -0.325 e. The van der Waals surface area contributed by atoms with Gasteiger partial charge in [0.05, 0.1) is 5.75 Å². The largest absolute Gasteiger partial charge is 0.325 e. The summed E-state index contributed by atoms with van der Waals surface area (Å²) in [6.07, 6.45) is 0.985. The number of H-pyrrole nitrogens is 1. The number of carbonyl (C=O) groups excluding carboxylic acids is 1. The van der Waals surface area contributed by atoms with E-state index in [1.807, 2.05) is 54.6 Å². The number of aryl methyl sites for hydroxylation is 1. The average molecular weight is 338 g/mol. The molecule has 5 nitrogen and oxygen atoms in total. The Hall–Kier alpha value is -2.60. The lowest BCUT2D eigenvalue weighted by Crippen LogP contribution is -2.14. The molecule has 0 bridgehead atoms. The number of nitrogens with zero attached hydrogens (tertiary/aromatic N) is 2. The van der Waals surface area contributed by atoms with Crippen molar-refractivity contribution >= 4 is 23.4 Å². The Labute approximate surface area is 144 Å². The molecule has 3 rings (SSSR count). The van der Waals surface area contributed by atoms with Gasteiger partial charge in [-0.15, -0.1) is 10.2 Å². The van der Waals surface area contributed by atoms with Crippen molar-refractivity contribution in [3.63, 3.8) is 0 Å². The standard InChI is InChI=1S/C18H18N4OS/c1-2-13-8-10-15(11-9-13)19-16(23)12-24-18-20-17(21-22-18)14-6-4-3-5-7-14/h3-11H,2,12H2,1H3,(H,19,23)(H,20,21,22). The van der Waals surface area contributed by atoms with E-state index < -0.39 is 0 Å². The number of thioether (sulfide) groups is 1. The predicted octanol–water partition coefficient (Wildman–Crippen LogP) is 3.76. The van der Waals surface area contributed by atoms with Crippen LogP contribution in [0.3, 0.4) is 0 Å². The molecule has 1 aromatic heterocycles. The van der Waals surface area contributed by atoms with Crippen LogP contribution in [-0.2, 0) is 11.2 Å². The Balaban J connectivity index is 1.53. The van der Waals surface area contributed by atoms with Crippen molar-refractivity contribution < 1.29 is 4.79 Å². The second-order valence-corrected chi connectivity index (χ2v) is 6.20. The van der Waals surface area contributed by atoms with E-state index in [0.29, 0.717) is 11.0 Å². The van der Waals surface area contributed by atoms with Crippen LogP contribution in [-0.4, -0.2) is 26.8 Å². The van der Waals surface area contributed by atoms with Gasteiger partial charge in [0.25, 0.3) is 0 Å². The summed E-state index contributed by atoms with van der Waals surface area (Å²) in [4.78, 5) is 15.1. The molecule has 0 aliphatic heterocycles. The van der Waals surface area contributed by atoms with Gasteiger partial charge in [-0.25, -0.2) is 0 Å². The number of hydrogen-bond acceptors (Lipinski definition) is 4. The number of hydrogen-bond donors (Lipinski definition) is 2. The molecule has 24 heavy (non-hydrogen) atoms. The van der Waals surface area contributed by atoms with E-state index in [1.165, 1.54) is 17.3 Å². The lowest BCUT2D eigenvalue weighted by atomic mass is 10.1. The third-order valence-corrected chi connectivity index (χ3v) is 4.36. The molecule has 2 N–H and O–H groups in total. The monoisotopic (exact) mass is 338 g/mol. The Morgan fingerprint density at radius 1 is 1.08 bits per heavy atom. The zero-order valence-corrected chi connectivity index (χ0v) is 14.1. The van der Waals surface area contributed by atoms with Crippen LogP contribution in [0.5, 0.6) is 0 Å². The first-order chi connectivity index (χ1) is 11.7. The maximum Gasteiger partial charge on any atom is 0.234 e. The predicted molar refractivity (Wildman–Crippen MR) is 97.0 cm³/mol. The summed E-state index contributed by atoms with van der Waals surface area (Å²) in [6, 6.07) is 17.6. The number of anilines is 1. The van der Waals surface area contributed by atoms with Crippen LogP contribution < -0.4 is 5.32 Å². The van der Waals surface area contributed by atoms with Gasteiger partial charge in [0.15, 0.2) is 11.0 Å². The molecule has 0 saturated carbocycles. The third-order valence-electron chi connectivity index (χ3n) is 3.50. The van der Waals surface area contributed by atoms with Gasteiger partial charge in [0.2, 0.25) is 5.91 Å². The van der Waals surface area contributed by atoms with Crippen molar-refractivity contribution in [2.45, 2.75) is 18.5 Å². The third kappa shape index (κ3) is 4.23. The summed E-state index contributed by atoms with van der Waals surface area (Å²) in [5, 5.41) is 11.7. The Kier molecular flexibility index (Phi) is 5.28. The van der Waals surface area contributed by atoms with Gasteiger partial charge in [-0.1, -0.05) is 61.2 Å². The summed E-state index contributed by atoms with van der Waals surface area (Å²) in [5.41, 5.74) is 3.02. The smallest absolute Gasteiger partial charge is 0.234 e. The molecule has 1 heterocycles. The number of amides is 1. The maximum absolute atomic E-state index is 12.0. The van der Waals surface area contributed by atoms with E-state index in [4.69, 9.17) is 0 Å². The summed E-state index contributed by atoms with van der Waals surface area (Å²) in [6.45, 7) is 2.10. The first-order valence-electron chi connectivity index (χ1n) is 7.74. The summed E-state index contributed by atoms with van der Waals surface area (Å²) in [5.74, 6) is 0.912. The zero-order valence-electron chi connectivity index (χ0n) is 13.3. The average Bonchev–Trinajstić information content (AvgIpc) is 3.10. The first kappa shape index (κ1) is 16.3. The van der Waals surface area contributed by atoms with Crippen molar-refractivity contribution in [1.29, 1.82) is 0 Å². The van der Waals surface area contributed by atoms with E-state index in [0.717, 1.165) is 17.7 Å². The molecule has 0 aliphatic rings. The molecular formula is C18H18N4OS. The van der Waals surface area contributed by atoms with Gasteiger partial charge in [0, 0.05) is 11.3 Å². The lowest BCUT2D eigenvalue weighted by Gasteiger charge is -2.05. The van der Waals surface area contributed by atoms with Crippen LogP contribution in [0.25, 0.3) is 11.4 Å². The highest BCUT2D eigenvalue weighted by Gasteiger charge is 2.08. The number of benzene rings is 2. The molecule has 0 saturated heterocycles. The highest BCUT2D eigenvalue weighted by atomic mass is 32.2. The Morgan fingerprint density at radius 2 is 1.83 bits per heavy atom. The van der Waals surface area contributed by atoms with Crippen LogP contribution >= 0.6 is 11.8 Å². The molecule has 122 valence electrons.